The molecule has 0 heterocycles. The van der Waals surface area contributed by atoms with Crippen LogP contribution >= 0.6 is 0 Å². The van der Waals surface area contributed by atoms with Crippen LogP contribution in [0.5, 0.6) is 0 Å². The van der Waals surface area contributed by atoms with Crippen molar-refractivity contribution in [1.82, 2.24) is 0 Å². The molecule has 2 aromatic carbocycles. The molecule has 0 aliphatic heterocycles. The van der Waals surface area contributed by atoms with Crippen molar-refractivity contribution in [2.75, 3.05) is 0 Å². The molecule has 0 amide bonds. The molecule has 24 heavy (non-hydrogen) atoms. The van der Waals surface area contributed by atoms with E-state index in [9.17, 15) is 0 Å². The van der Waals surface area contributed by atoms with Crippen molar-refractivity contribution in [3.05, 3.63) is 83.6 Å². The van der Waals surface area contributed by atoms with Gasteiger partial charge in [0.05, 0.1) is 0 Å². The number of aryl methyl sites for hydroxylation is 2. The zero-order valence-corrected chi connectivity index (χ0v) is 15.7. The molecule has 2 aromatic rings. The fourth-order valence-electron chi connectivity index (χ4n) is 2.09. The van der Waals surface area contributed by atoms with Crippen molar-refractivity contribution in [2.24, 2.45) is 0 Å². The molecule has 122 valence electrons. The third kappa shape index (κ3) is 9.73. The van der Waals surface area contributed by atoms with Gasteiger partial charge >= 0.3 is 35.9 Å². The van der Waals surface area contributed by atoms with Crippen molar-refractivity contribution in [1.29, 1.82) is 0 Å². The SMILES string of the molecule is [C-]#Cc1ccc(CCC)cc1.[C-]#Cc1ccc(CCC)cc1.[Cu+].[Li+]. The molecule has 2 rings (SSSR count). The van der Waals surface area contributed by atoms with E-state index in [-0.39, 0.29) is 35.9 Å². The van der Waals surface area contributed by atoms with Gasteiger partial charge < -0.3 is 12.8 Å². The molecular weight excluding hydrogens is 335 g/mol. The molecule has 0 N–H and O–H groups in total. The van der Waals surface area contributed by atoms with E-state index in [1.54, 1.807) is 0 Å². The standard InChI is InChI=1S/2C11H11.Cu.Li/c2*1-3-5-11-8-6-10(4-2)7-9-11;;/h2*6-9H,3,5H2,1H3;;/q2*-1;2*+1. The molecule has 0 radical (unpaired) electrons. The Labute approximate surface area is 170 Å². The van der Waals surface area contributed by atoms with E-state index < -0.39 is 0 Å². The van der Waals surface area contributed by atoms with Gasteiger partial charge in [0.15, 0.2) is 0 Å². The summed E-state index contributed by atoms with van der Waals surface area (Å²) in [5.41, 5.74) is 4.38. The summed E-state index contributed by atoms with van der Waals surface area (Å²) in [6.45, 7) is 4.33. The van der Waals surface area contributed by atoms with Crippen LogP contribution in [-0.2, 0) is 29.9 Å². The van der Waals surface area contributed by atoms with Gasteiger partial charge in [-0.05, 0) is 12.8 Å². The Bertz CT molecular complexity index is 568. The summed E-state index contributed by atoms with van der Waals surface area (Å²) in [4.78, 5) is 0. The van der Waals surface area contributed by atoms with Gasteiger partial charge in [-0.15, -0.1) is 35.4 Å². The first kappa shape index (κ1) is 24.9. The summed E-state index contributed by atoms with van der Waals surface area (Å²) in [5, 5.41) is 0. The monoisotopic (exact) mass is 356 g/mol. The Balaban J connectivity index is 0. The molecule has 0 nitrogen and oxygen atoms in total. The summed E-state index contributed by atoms with van der Waals surface area (Å²) in [7, 11) is 0. The molecule has 0 spiro atoms. The molecule has 0 aromatic heterocycles. The number of benzene rings is 2. The maximum atomic E-state index is 6.87. The molecule has 0 atom stereocenters. The molecule has 0 aliphatic carbocycles. The minimum absolute atomic E-state index is 0. The smallest absolute Gasteiger partial charge is 0.366 e. The van der Waals surface area contributed by atoms with Gasteiger partial charge in [-0.25, -0.2) is 0 Å². The summed E-state index contributed by atoms with van der Waals surface area (Å²) in [6.07, 6.45) is 18.3. The van der Waals surface area contributed by atoms with Gasteiger partial charge in [0.25, 0.3) is 0 Å². The molecule has 0 aliphatic rings. The number of hydrogen-bond acceptors (Lipinski definition) is 0. The number of hydrogen-bond donors (Lipinski definition) is 0. The quantitative estimate of drug-likeness (QED) is 0.447. The first-order valence-corrected chi connectivity index (χ1v) is 7.76. The van der Waals surface area contributed by atoms with Crippen molar-refractivity contribution in [2.45, 2.75) is 39.5 Å². The Morgan fingerprint density at radius 2 is 0.958 bits per heavy atom. The predicted octanol–water partition coefficient (Wildman–Crippen LogP) is 2.16. The van der Waals surface area contributed by atoms with Crippen molar-refractivity contribution < 1.29 is 35.9 Å². The van der Waals surface area contributed by atoms with Gasteiger partial charge in [0.2, 0.25) is 0 Å². The zero-order chi connectivity index (χ0) is 16.2. The van der Waals surface area contributed by atoms with Gasteiger partial charge in [-0.1, -0.05) is 62.1 Å². The average molecular weight is 357 g/mol. The van der Waals surface area contributed by atoms with Gasteiger partial charge in [0, 0.05) is 0 Å². The molecule has 0 fully saturated rings. The second-order valence-corrected chi connectivity index (χ2v) is 5.14. The van der Waals surface area contributed by atoms with E-state index in [0.29, 0.717) is 0 Å². The van der Waals surface area contributed by atoms with Crippen LogP contribution in [0.15, 0.2) is 48.5 Å². The van der Waals surface area contributed by atoms with Crippen LogP contribution in [0.3, 0.4) is 0 Å². The summed E-state index contributed by atoms with van der Waals surface area (Å²) >= 11 is 0. The molecule has 0 saturated carbocycles. The van der Waals surface area contributed by atoms with E-state index in [4.69, 9.17) is 12.8 Å². The van der Waals surface area contributed by atoms with Gasteiger partial charge in [0.1, 0.15) is 0 Å². The first-order valence-electron chi connectivity index (χ1n) is 7.76. The van der Waals surface area contributed by atoms with Crippen LogP contribution in [0.4, 0.5) is 0 Å². The third-order valence-corrected chi connectivity index (χ3v) is 3.27. The molecule has 0 saturated heterocycles. The van der Waals surface area contributed by atoms with Crippen LogP contribution in [0.25, 0.3) is 0 Å². The minimum Gasteiger partial charge on any atom is -0.366 e. The topological polar surface area (TPSA) is 0 Å². The Hall–Kier alpha value is -1.32. The molecule has 0 unspecified atom stereocenters. The Kier molecular flexibility index (Phi) is 15.8. The largest absolute Gasteiger partial charge is 1.00 e. The fourth-order valence-corrected chi connectivity index (χ4v) is 2.09. The molecule has 2 heteroatoms. The minimum atomic E-state index is 0. The first-order chi connectivity index (χ1) is 10.7. The van der Waals surface area contributed by atoms with E-state index in [0.717, 1.165) is 24.0 Å². The Morgan fingerprint density at radius 1 is 0.667 bits per heavy atom. The zero-order valence-electron chi connectivity index (χ0n) is 14.7. The fraction of sp³-hybridized carbons (Fsp3) is 0.273. The Morgan fingerprint density at radius 3 is 1.17 bits per heavy atom. The normalized spacial score (nSPS) is 8.33. The van der Waals surface area contributed by atoms with Crippen molar-refractivity contribution >= 4 is 0 Å². The number of rotatable bonds is 4. The van der Waals surface area contributed by atoms with E-state index in [1.807, 2.05) is 24.3 Å². The van der Waals surface area contributed by atoms with Crippen LogP contribution in [0.2, 0.25) is 0 Å². The van der Waals surface area contributed by atoms with Crippen molar-refractivity contribution in [3.8, 4) is 11.8 Å². The average Bonchev–Trinajstić information content (AvgIpc) is 2.57. The third-order valence-electron chi connectivity index (χ3n) is 3.27. The maximum Gasteiger partial charge on any atom is 1.00 e. The second kappa shape index (κ2) is 15.2. The van der Waals surface area contributed by atoms with Gasteiger partial charge in [-0.2, -0.15) is 0 Å². The van der Waals surface area contributed by atoms with Crippen molar-refractivity contribution in [3.63, 3.8) is 0 Å². The van der Waals surface area contributed by atoms with E-state index in [1.165, 1.54) is 24.0 Å². The van der Waals surface area contributed by atoms with Crippen LogP contribution in [-0.4, -0.2) is 0 Å². The second-order valence-electron chi connectivity index (χ2n) is 5.14. The van der Waals surface area contributed by atoms with Gasteiger partial charge in [-0.3, -0.25) is 11.8 Å². The summed E-state index contributed by atoms with van der Waals surface area (Å²) in [6, 6.07) is 15.9. The molecular formula is C22H22CuLi. The van der Waals surface area contributed by atoms with Crippen LogP contribution < -0.4 is 18.9 Å². The van der Waals surface area contributed by atoms with E-state index in [2.05, 4.69) is 50.0 Å². The van der Waals surface area contributed by atoms with Crippen LogP contribution in [0, 0.1) is 24.7 Å². The molecule has 0 bridgehead atoms. The van der Waals surface area contributed by atoms with Crippen LogP contribution in [0.1, 0.15) is 48.9 Å². The summed E-state index contributed by atoms with van der Waals surface area (Å²) in [5.74, 6) is 4.69. The maximum absolute atomic E-state index is 6.87. The summed E-state index contributed by atoms with van der Waals surface area (Å²) < 4.78 is 0. The van der Waals surface area contributed by atoms with E-state index >= 15 is 0 Å². The predicted molar refractivity (Wildman–Crippen MR) is 93.3 cm³/mol.